The molecular formula is C23H29Cl2N3O2. The largest absolute Gasteiger partial charge is 0.496 e. The van der Waals surface area contributed by atoms with E-state index in [0.717, 1.165) is 41.6 Å². The fourth-order valence-corrected chi connectivity index (χ4v) is 4.13. The predicted molar refractivity (Wildman–Crippen MR) is 127 cm³/mol. The minimum absolute atomic E-state index is 0. The molecule has 2 N–H and O–H groups in total. The number of nitrogens with zero attached hydrogens (tertiary/aromatic N) is 1. The molecule has 0 aliphatic carbocycles. The van der Waals surface area contributed by atoms with Gasteiger partial charge in [-0.3, -0.25) is 4.79 Å². The van der Waals surface area contributed by atoms with E-state index in [-0.39, 0.29) is 30.4 Å². The lowest BCUT2D eigenvalue weighted by Crippen LogP contribution is -2.45. The maximum atomic E-state index is 12.0. The average molecular weight is 450 g/mol. The van der Waals surface area contributed by atoms with Crippen LogP contribution in [0.25, 0.3) is 10.9 Å². The van der Waals surface area contributed by atoms with Crippen LogP contribution < -0.4 is 20.9 Å². The number of pyridine rings is 1. The van der Waals surface area contributed by atoms with E-state index < -0.39 is 0 Å². The van der Waals surface area contributed by atoms with Crippen molar-refractivity contribution in [3.8, 4) is 5.75 Å². The maximum Gasteiger partial charge on any atom is 0.250 e. The lowest BCUT2D eigenvalue weighted by molar-refractivity contribution is 0.303. The van der Waals surface area contributed by atoms with Crippen molar-refractivity contribution in [1.82, 2.24) is 15.2 Å². The Morgan fingerprint density at radius 3 is 2.63 bits per heavy atom. The number of hydrogen-bond donors (Lipinski definition) is 2. The minimum atomic E-state index is -0.00259. The van der Waals surface area contributed by atoms with Gasteiger partial charge in [-0.05, 0) is 43.1 Å². The summed E-state index contributed by atoms with van der Waals surface area (Å²) in [6.45, 7) is 1.73. The van der Waals surface area contributed by atoms with E-state index in [1.54, 1.807) is 17.7 Å². The third-order valence-corrected chi connectivity index (χ3v) is 5.70. The molecule has 162 valence electrons. The molecule has 1 fully saturated rings. The number of nitrogens with one attached hydrogen (secondary N) is 2. The number of ether oxygens (including phenoxy) is 1. The van der Waals surface area contributed by atoms with Crippen LogP contribution in [0.2, 0.25) is 0 Å². The van der Waals surface area contributed by atoms with Crippen LogP contribution in [0.4, 0.5) is 0 Å². The highest BCUT2D eigenvalue weighted by atomic mass is 35.5. The van der Waals surface area contributed by atoms with Crippen molar-refractivity contribution in [1.29, 1.82) is 0 Å². The maximum absolute atomic E-state index is 12.0. The summed E-state index contributed by atoms with van der Waals surface area (Å²) in [5.41, 5.74) is 3.30. The van der Waals surface area contributed by atoms with Crippen molar-refractivity contribution in [3.05, 3.63) is 76.1 Å². The summed E-state index contributed by atoms with van der Waals surface area (Å²) in [5.74, 6) is 0.846. The third-order valence-electron chi connectivity index (χ3n) is 5.70. The normalized spacial score (nSPS) is 18.3. The fraction of sp³-hybridized carbons (Fsp3) is 0.348. The van der Waals surface area contributed by atoms with Gasteiger partial charge < -0.3 is 19.9 Å². The first-order valence-corrected chi connectivity index (χ1v) is 9.86. The van der Waals surface area contributed by atoms with E-state index in [1.807, 2.05) is 19.2 Å². The summed E-state index contributed by atoms with van der Waals surface area (Å²) in [5, 5.41) is 8.39. The van der Waals surface area contributed by atoms with Crippen molar-refractivity contribution >= 4 is 35.7 Å². The van der Waals surface area contributed by atoms with Crippen molar-refractivity contribution in [2.24, 2.45) is 7.05 Å². The number of aryl methyl sites for hydroxylation is 1. The molecule has 4 rings (SSSR count). The highest BCUT2D eigenvalue weighted by molar-refractivity contribution is 5.85. The molecule has 1 aliphatic rings. The summed E-state index contributed by atoms with van der Waals surface area (Å²) >= 11 is 0. The summed E-state index contributed by atoms with van der Waals surface area (Å²) < 4.78 is 7.32. The van der Waals surface area contributed by atoms with Crippen molar-refractivity contribution in [3.63, 3.8) is 0 Å². The van der Waals surface area contributed by atoms with Crippen molar-refractivity contribution in [2.75, 3.05) is 13.7 Å². The molecular weight excluding hydrogens is 421 g/mol. The summed E-state index contributed by atoms with van der Waals surface area (Å²) in [6.07, 6.45) is 2.28. The SMILES string of the molecule is COc1cc2ccc(=O)n(C)c2cc1CNC1CCCNC1c1ccccc1.Cl.Cl. The van der Waals surface area contributed by atoms with E-state index in [0.29, 0.717) is 18.6 Å². The molecule has 3 aromatic rings. The number of benzene rings is 2. The van der Waals surface area contributed by atoms with Crippen LogP contribution in [0.3, 0.4) is 0 Å². The molecule has 2 unspecified atom stereocenters. The molecule has 2 atom stereocenters. The van der Waals surface area contributed by atoms with Crippen LogP contribution in [-0.2, 0) is 13.6 Å². The molecule has 0 bridgehead atoms. The second kappa shape index (κ2) is 10.8. The number of methoxy groups -OCH3 is 1. The number of halogens is 2. The molecule has 0 spiro atoms. The number of hydrogen-bond acceptors (Lipinski definition) is 4. The first kappa shape index (κ1) is 24.2. The highest BCUT2D eigenvalue weighted by Crippen LogP contribution is 2.27. The van der Waals surface area contributed by atoms with Gasteiger partial charge in [0.2, 0.25) is 0 Å². The van der Waals surface area contributed by atoms with Gasteiger partial charge in [-0.25, -0.2) is 0 Å². The second-order valence-corrected chi connectivity index (χ2v) is 7.43. The van der Waals surface area contributed by atoms with Gasteiger partial charge in [0.15, 0.2) is 0 Å². The highest BCUT2D eigenvalue weighted by Gasteiger charge is 2.25. The van der Waals surface area contributed by atoms with Crippen LogP contribution in [0.15, 0.2) is 59.4 Å². The Bertz CT molecular complexity index is 1020. The first-order chi connectivity index (χ1) is 13.7. The molecule has 0 saturated carbocycles. The lowest BCUT2D eigenvalue weighted by Gasteiger charge is -2.34. The second-order valence-electron chi connectivity index (χ2n) is 7.43. The Balaban J connectivity index is 0.00000160. The zero-order chi connectivity index (χ0) is 19.5. The lowest BCUT2D eigenvalue weighted by atomic mass is 9.92. The molecule has 1 aromatic heterocycles. The van der Waals surface area contributed by atoms with E-state index >= 15 is 0 Å². The topological polar surface area (TPSA) is 55.3 Å². The smallest absolute Gasteiger partial charge is 0.250 e. The Hall–Kier alpha value is -2.05. The average Bonchev–Trinajstić information content (AvgIpc) is 2.75. The molecule has 5 nitrogen and oxygen atoms in total. The van der Waals surface area contributed by atoms with E-state index in [1.165, 1.54) is 5.56 Å². The third kappa shape index (κ3) is 4.98. The monoisotopic (exact) mass is 449 g/mol. The van der Waals surface area contributed by atoms with Crippen molar-refractivity contribution < 1.29 is 4.74 Å². The number of rotatable bonds is 5. The molecule has 7 heteroatoms. The predicted octanol–water partition coefficient (Wildman–Crippen LogP) is 3.97. The van der Waals surface area contributed by atoms with Gasteiger partial charge in [0.05, 0.1) is 12.6 Å². The molecule has 1 aliphatic heterocycles. The van der Waals surface area contributed by atoms with Crippen LogP contribution in [0.5, 0.6) is 5.75 Å². The van der Waals surface area contributed by atoms with Gasteiger partial charge in [-0.1, -0.05) is 30.3 Å². The zero-order valence-corrected chi connectivity index (χ0v) is 18.9. The van der Waals surface area contributed by atoms with Gasteiger partial charge in [-0.2, -0.15) is 0 Å². The van der Waals surface area contributed by atoms with E-state index in [9.17, 15) is 4.79 Å². The zero-order valence-electron chi connectivity index (χ0n) is 17.3. The van der Waals surface area contributed by atoms with E-state index in [2.05, 4.69) is 47.0 Å². The Kier molecular flexibility index (Phi) is 8.74. The summed E-state index contributed by atoms with van der Waals surface area (Å²) in [6, 6.07) is 18.8. The van der Waals surface area contributed by atoms with Crippen LogP contribution in [-0.4, -0.2) is 24.3 Å². The van der Waals surface area contributed by atoms with Gasteiger partial charge >= 0.3 is 0 Å². The van der Waals surface area contributed by atoms with E-state index in [4.69, 9.17) is 4.74 Å². The molecule has 2 heterocycles. The van der Waals surface area contributed by atoms with Gasteiger partial charge in [0.25, 0.3) is 5.56 Å². The van der Waals surface area contributed by atoms with Gasteiger partial charge in [-0.15, -0.1) is 24.8 Å². The number of fused-ring (bicyclic) bond motifs is 1. The summed E-state index contributed by atoms with van der Waals surface area (Å²) in [4.78, 5) is 12.0. The Morgan fingerprint density at radius 2 is 1.90 bits per heavy atom. The number of piperidine rings is 1. The number of aromatic nitrogens is 1. The minimum Gasteiger partial charge on any atom is -0.496 e. The van der Waals surface area contributed by atoms with Crippen LogP contribution in [0.1, 0.15) is 30.0 Å². The van der Waals surface area contributed by atoms with Crippen molar-refractivity contribution in [2.45, 2.75) is 31.5 Å². The standard InChI is InChI=1S/C23H27N3O2.2ClH/c1-26-20-13-18(21(28-2)14-17(20)10-11-22(26)27)15-25-19-9-6-12-24-23(19)16-7-4-3-5-8-16;;/h3-5,7-8,10-11,13-14,19,23-25H,6,9,12,15H2,1-2H3;2*1H. The Morgan fingerprint density at radius 1 is 1.13 bits per heavy atom. The van der Waals surface area contributed by atoms with Crippen LogP contribution >= 0.6 is 24.8 Å². The van der Waals surface area contributed by atoms with Gasteiger partial charge in [0.1, 0.15) is 5.75 Å². The summed E-state index contributed by atoms with van der Waals surface area (Å²) in [7, 11) is 3.51. The molecule has 1 saturated heterocycles. The molecule has 30 heavy (non-hydrogen) atoms. The van der Waals surface area contributed by atoms with Gasteiger partial charge in [0, 0.05) is 42.7 Å². The fourth-order valence-electron chi connectivity index (χ4n) is 4.13. The van der Waals surface area contributed by atoms with Crippen LogP contribution in [0, 0.1) is 0 Å². The quantitative estimate of drug-likeness (QED) is 0.618. The Labute approximate surface area is 189 Å². The molecule has 0 amide bonds. The molecule has 2 aromatic carbocycles. The molecule has 0 radical (unpaired) electrons. The first-order valence-electron chi connectivity index (χ1n) is 9.86.